The normalized spacial score (nSPS) is 26.7. The van der Waals surface area contributed by atoms with E-state index < -0.39 is 10.0 Å². The van der Waals surface area contributed by atoms with Gasteiger partial charge in [-0.2, -0.15) is 0 Å². The molecular weight excluding hydrogens is 488 g/mol. The van der Waals surface area contributed by atoms with Crippen LogP contribution in [0.5, 0.6) is 5.75 Å². The Morgan fingerprint density at radius 2 is 2.11 bits per heavy atom. The number of nitrogens with zero attached hydrogens (tertiary/aromatic N) is 2. The van der Waals surface area contributed by atoms with Gasteiger partial charge in [0.2, 0.25) is 10.0 Å². The van der Waals surface area contributed by atoms with Crippen molar-refractivity contribution in [2.24, 2.45) is 5.92 Å². The Morgan fingerprint density at radius 3 is 2.86 bits per heavy atom. The van der Waals surface area contributed by atoms with E-state index >= 15 is 0 Å². The van der Waals surface area contributed by atoms with Gasteiger partial charge in [0.25, 0.3) is 0 Å². The molecule has 3 heterocycles. The third-order valence-electron chi connectivity index (χ3n) is 8.25. The minimum absolute atomic E-state index is 0.174. The Hall–Kier alpha value is -2.24. The van der Waals surface area contributed by atoms with Gasteiger partial charge in [0, 0.05) is 25.7 Å². The van der Waals surface area contributed by atoms with Gasteiger partial charge >= 0.3 is 0 Å². The van der Waals surface area contributed by atoms with Crippen LogP contribution in [0.1, 0.15) is 73.6 Å². The molecule has 1 saturated heterocycles. The number of hydrazine groups is 1. The molecule has 37 heavy (non-hydrogen) atoms. The van der Waals surface area contributed by atoms with E-state index in [1.807, 2.05) is 18.3 Å². The molecule has 2 aliphatic heterocycles. The van der Waals surface area contributed by atoms with E-state index in [0.29, 0.717) is 30.2 Å². The van der Waals surface area contributed by atoms with Crippen molar-refractivity contribution in [1.29, 1.82) is 0 Å². The number of phenols is 1. The molecule has 2 fully saturated rings. The number of fused-ring (bicyclic) bond motifs is 1. The molecule has 0 bridgehead atoms. The largest absolute Gasteiger partial charge is 0.508 e. The highest BCUT2D eigenvalue weighted by atomic mass is 32.2. The molecule has 0 radical (unpaired) electrons. The minimum Gasteiger partial charge on any atom is -0.508 e. The summed E-state index contributed by atoms with van der Waals surface area (Å²) < 4.78 is 25.0. The van der Waals surface area contributed by atoms with Gasteiger partial charge in [-0.25, -0.2) is 23.5 Å². The highest BCUT2D eigenvalue weighted by Gasteiger charge is 2.42. The van der Waals surface area contributed by atoms with Crippen LogP contribution in [-0.4, -0.2) is 66.9 Å². The number of benzene rings is 1. The number of aryl methyl sites for hydroxylation is 1. The Bertz CT molecular complexity index is 1230. The first-order valence-electron chi connectivity index (χ1n) is 13.5. The molecular formula is C27H40N6O3S. The van der Waals surface area contributed by atoms with E-state index in [1.54, 1.807) is 0 Å². The lowest BCUT2D eigenvalue weighted by atomic mass is 9.73. The van der Waals surface area contributed by atoms with Crippen molar-refractivity contribution in [3.05, 3.63) is 53.1 Å². The summed E-state index contributed by atoms with van der Waals surface area (Å²) in [6, 6.07) is 6.43. The number of hydrogen-bond donors (Lipinski definition) is 5. The average molecular weight is 529 g/mol. The average Bonchev–Trinajstić information content (AvgIpc) is 3.53. The number of imidazole rings is 1. The lowest BCUT2D eigenvalue weighted by Crippen LogP contribution is -2.35. The predicted octanol–water partition coefficient (Wildman–Crippen LogP) is 2.81. The summed E-state index contributed by atoms with van der Waals surface area (Å²) in [5.41, 5.74) is 12.1. The summed E-state index contributed by atoms with van der Waals surface area (Å²) in [5.74, 6) is 2.36. The Labute approximate surface area is 220 Å². The zero-order valence-electron chi connectivity index (χ0n) is 21.8. The number of H-pyrrole nitrogens is 1. The van der Waals surface area contributed by atoms with Crippen molar-refractivity contribution in [2.45, 2.75) is 63.5 Å². The van der Waals surface area contributed by atoms with Gasteiger partial charge in [-0.1, -0.05) is 19.1 Å². The van der Waals surface area contributed by atoms with Gasteiger partial charge in [-0.05, 0) is 85.7 Å². The maximum Gasteiger partial charge on any atom is 0.208 e. The number of aromatic amines is 1. The van der Waals surface area contributed by atoms with Crippen molar-refractivity contribution in [1.82, 2.24) is 30.4 Å². The molecule has 1 aromatic heterocycles. The minimum atomic E-state index is -3.11. The van der Waals surface area contributed by atoms with Crippen LogP contribution in [0.4, 0.5) is 0 Å². The first-order valence-corrected chi connectivity index (χ1v) is 15.4. The third-order valence-corrected chi connectivity index (χ3v) is 8.98. The zero-order chi connectivity index (χ0) is 26.0. The van der Waals surface area contributed by atoms with Crippen LogP contribution in [0.25, 0.3) is 5.57 Å². The number of hydrogen-bond acceptors (Lipinski definition) is 7. The molecule has 0 spiro atoms. The Balaban J connectivity index is 1.16. The van der Waals surface area contributed by atoms with Gasteiger partial charge < -0.3 is 10.1 Å². The standard InChI is InChI=1S/C27H40N6O3S/c1-3-18-15-21(34)6-8-22(18)20-5-7-23-24(16-20)31-32-26(23)27-28-17-25(30-27)19-9-13-33(14-10-19)12-4-11-29-37(2,35)36/h6,8-9,15,17,20,23-24,26,29,31-32,34H,3-5,7,10-14,16H2,1-2H3,(H,28,30). The molecule has 5 N–H and O–H groups in total. The van der Waals surface area contributed by atoms with Crippen molar-refractivity contribution in [2.75, 3.05) is 32.4 Å². The van der Waals surface area contributed by atoms with E-state index in [2.05, 4.69) is 44.5 Å². The molecule has 1 aliphatic carbocycles. The Morgan fingerprint density at radius 1 is 1.24 bits per heavy atom. The highest BCUT2D eigenvalue weighted by molar-refractivity contribution is 7.88. The SMILES string of the molecule is CCc1cc(O)ccc1C1CCC2C(C1)NNC2c1ncc(C2=CCN(CCCNS(C)(=O)=O)CC2)[nH]1. The van der Waals surface area contributed by atoms with Crippen LogP contribution in [0.2, 0.25) is 0 Å². The quantitative estimate of drug-likeness (QED) is 0.317. The van der Waals surface area contributed by atoms with E-state index in [1.165, 1.54) is 23.0 Å². The number of nitrogens with one attached hydrogen (secondary N) is 4. The summed E-state index contributed by atoms with van der Waals surface area (Å²) >= 11 is 0. The predicted molar refractivity (Wildman–Crippen MR) is 145 cm³/mol. The van der Waals surface area contributed by atoms with Crippen LogP contribution in [-0.2, 0) is 16.4 Å². The second-order valence-electron chi connectivity index (χ2n) is 10.8. The number of rotatable bonds is 9. The fraction of sp³-hybridized carbons (Fsp3) is 0.593. The first kappa shape index (κ1) is 26.4. The number of aromatic nitrogens is 2. The van der Waals surface area contributed by atoms with Crippen LogP contribution >= 0.6 is 0 Å². The highest BCUT2D eigenvalue weighted by Crippen LogP contribution is 2.44. The lowest BCUT2D eigenvalue weighted by Gasteiger charge is -2.33. The Kier molecular flexibility index (Phi) is 8.02. The smallest absolute Gasteiger partial charge is 0.208 e. The molecule has 202 valence electrons. The summed E-state index contributed by atoms with van der Waals surface area (Å²) in [5, 5.41) is 9.90. The second-order valence-corrected chi connectivity index (χ2v) is 12.6. The number of phenolic OH excluding ortho intramolecular Hbond substituents is 1. The number of sulfonamides is 1. The van der Waals surface area contributed by atoms with E-state index in [9.17, 15) is 13.5 Å². The number of aromatic hydroxyl groups is 1. The fourth-order valence-corrected chi connectivity index (χ4v) is 6.81. The van der Waals surface area contributed by atoms with Gasteiger partial charge in [0.05, 0.1) is 24.2 Å². The van der Waals surface area contributed by atoms with E-state index in [-0.39, 0.29) is 6.04 Å². The molecule has 0 amide bonds. The summed E-state index contributed by atoms with van der Waals surface area (Å²) in [6.45, 7) is 5.35. The second kappa shape index (κ2) is 11.2. The maximum atomic E-state index is 11.2. The molecule has 4 unspecified atom stereocenters. The first-order chi connectivity index (χ1) is 17.8. The van der Waals surface area contributed by atoms with Crippen LogP contribution < -0.4 is 15.6 Å². The maximum absolute atomic E-state index is 11.2. The van der Waals surface area contributed by atoms with Crippen LogP contribution in [0.3, 0.4) is 0 Å². The molecule has 5 rings (SSSR count). The lowest BCUT2D eigenvalue weighted by molar-refractivity contribution is 0.276. The fourth-order valence-electron chi connectivity index (χ4n) is 6.29. The van der Waals surface area contributed by atoms with Crippen molar-refractivity contribution < 1.29 is 13.5 Å². The third kappa shape index (κ3) is 6.26. The molecule has 1 aromatic carbocycles. The molecule has 2 aromatic rings. The monoisotopic (exact) mass is 528 g/mol. The van der Waals surface area contributed by atoms with Crippen molar-refractivity contribution in [3.8, 4) is 5.75 Å². The summed E-state index contributed by atoms with van der Waals surface area (Å²) in [4.78, 5) is 10.7. The van der Waals surface area contributed by atoms with Gasteiger partial charge in [0.15, 0.2) is 0 Å². The summed E-state index contributed by atoms with van der Waals surface area (Å²) in [6.07, 6.45) is 11.5. The van der Waals surface area contributed by atoms with Crippen LogP contribution in [0.15, 0.2) is 30.5 Å². The molecule has 3 aliphatic rings. The topological polar surface area (TPSA) is 122 Å². The van der Waals surface area contributed by atoms with E-state index in [4.69, 9.17) is 4.98 Å². The van der Waals surface area contributed by atoms with Crippen LogP contribution in [0, 0.1) is 5.92 Å². The molecule has 4 atom stereocenters. The van der Waals surface area contributed by atoms with Gasteiger partial charge in [-0.3, -0.25) is 10.3 Å². The van der Waals surface area contributed by atoms with Gasteiger partial charge in [-0.15, -0.1) is 0 Å². The van der Waals surface area contributed by atoms with Crippen molar-refractivity contribution in [3.63, 3.8) is 0 Å². The molecule has 9 nitrogen and oxygen atoms in total. The molecule has 1 saturated carbocycles. The van der Waals surface area contributed by atoms with Crippen molar-refractivity contribution >= 4 is 15.6 Å². The molecule has 10 heteroatoms. The summed E-state index contributed by atoms with van der Waals surface area (Å²) in [7, 11) is -3.11. The van der Waals surface area contributed by atoms with E-state index in [0.717, 1.165) is 69.7 Å². The zero-order valence-corrected chi connectivity index (χ0v) is 22.7. The van der Waals surface area contributed by atoms with Gasteiger partial charge in [0.1, 0.15) is 11.6 Å².